The highest BCUT2D eigenvalue weighted by Crippen LogP contribution is 2.28. The number of benzene rings is 2. The molecule has 1 aliphatic rings. The summed E-state index contributed by atoms with van der Waals surface area (Å²) in [6, 6.07) is 11.7. The third-order valence-corrected chi connectivity index (χ3v) is 5.02. The maximum atomic E-state index is 12.5. The van der Waals surface area contributed by atoms with Crippen LogP contribution in [-0.2, 0) is 20.9 Å². The summed E-state index contributed by atoms with van der Waals surface area (Å²) in [5.74, 6) is -0.576. The lowest BCUT2D eigenvalue weighted by Gasteiger charge is -2.17. The van der Waals surface area contributed by atoms with Gasteiger partial charge in [-0.25, -0.2) is 4.79 Å². The molecule has 2 amide bonds. The molecule has 8 heteroatoms. The fourth-order valence-corrected chi connectivity index (χ4v) is 3.35. The lowest BCUT2D eigenvalue weighted by atomic mass is 10.1. The quantitative estimate of drug-likeness (QED) is 0.677. The van der Waals surface area contributed by atoms with Gasteiger partial charge in [0.2, 0.25) is 5.91 Å². The Labute approximate surface area is 179 Å². The van der Waals surface area contributed by atoms with Crippen molar-refractivity contribution in [1.29, 1.82) is 0 Å². The van der Waals surface area contributed by atoms with Crippen LogP contribution in [0.5, 0.6) is 5.75 Å². The van der Waals surface area contributed by atoms with E-state index in [0.717, 1.165) is 18.5 Å². The topological polar surface area (TPSA) is 84.9 Å². The number of nitrogens with one attached hydrogen (secondary N) is 1. The minimum atomic E-state index is -1.04. The average molecular weight is 431 g/mol. The number of likely N-dealkylation sites (tertiary alicyclic amines) is 1. The number of amides is 2. The fourth-order valence-electron chi connectivity index (χ4n) is 3.18. The molecule has 1 heterocycles. The summed E-state index contributed by atoms with van der Waals surface area (Å²) >= 11 is 5.97. The third-order valence-electron chi connectivity index (χ3n) is 4.78. The van der Waals surface area contributed by atoms with E-state index in [0.29, 0.717) is 35.0 Å². The molecule has 0 aromatic heterocycles. The van der Waals surface area contributed by atoms with Crippen molar-refractivity contribution in [2.24, 2.45) is 0 Å². The molecule has 2 aromatic carbocycles. The van der Waals surface area contributed by atoms with Crippen molar-refractivity contribution in [3.63, 3.8) is 0 Å². The summed E-state index contributed by atoms with van der Waals surface area (Å²) in [5.41, 5.74) is 1.54. The minimum absolute atomic E-state index is 0.115. The standard InChI is InChI=1S/C22H23ClN2O5/c1-14(21(27)24-18-12-17(23)8-9-19(18)29-2)30-22(28)16-6-3-5-15(11-16)13-25-10-4-7-20(25)26/h3,5-6,8-9,11-12,14H,4,7,10,13H2,1-2H3,(H,24,27). The Bertz CT molecular complexity index is 962. The Morgan fingerprint density at radius 2 is 2.03 bits per heavy atom. The largest absolute Gasteiger partial charge is 0.495 e. The van der Waals surface area contributed by atoms with Crippen molar-refractivity contribution < 1.29 is 23.9 Å². The van der Waals surface area contributed by atoms with Crippen LogP contribution >= 0.6 is 11.6 Å². The molecule has 0 saturated carbocycles. The van der Waals surface area contributed by atoms with Crippen LogP contribution in [0.1, 0.15) is 35.7 Å². The molecule has 1 atom stereocenters. The van der Waals surface area contributed by atoms with Crippen LogP contribution < -0.4 is 10.1 Å². The Morgan fingerprint density at radius 1 is 1.23 bits per heavy atom. The molecule has 2 aromatic rings. The lowest BCUT2D eigenvalue weighted by Crippen LogP contribution is -2.30. The lowest BCUT2D eigenvalue weighted by molar-refractivity contribution is -0.128. The van der Waals surface area contributed by atoms with Crippen LogP contribution in [0.2, 0.25) is 5.02 Å². The first-order valence-corrected chi connectivity index (χ1v) is 9.97. The number of nitrogens with zero attached hydrogens (tertiary/aromatic N) is 1. The van der Waals surface area contributed by atoms with Gasteiger partial charge in [-0.15, -0.1) is 0 Å². The molecule has 0 bridgehead atoms. The summed E-state index contributed by atoms with van der Waals surface area (Å²) in [4.78, 5) is 38.5. The molecule has 1 N–H and O–H groups in total. The van der Waals surface area contributed by atoms with Gasteiger partial charge in [0, 0.05) is 24.5 Å². The maximum absolute atomic E-state index is 12.5. The van der Waals surface area contributed by atoms with E-state index < -0.39 is 18.0 Å². The Kier molecular flexibility index (Phi) is 6.95. The molecule has 1 saturated heterocycles. The molecule has 158 valence electrons. The van der Waals surface area contributed by atoms with Gasteiger partial charge in [0.25, 0.3) is 5.91 Å². The molecule has 3 rings (SSSR count). The molecule has 1 aliphatic heterocycles. The zero-order chi connectivity index (χ0) is 21.7. The highest BCUT2D eigenvalue weighted by Gasteiger charge is 2.22. The second-order valence-corrected chi connectivity index (χ2v) is 7.44. The van der Waals surface area contributed by atoms with Crippen LogP contribution in [0, 0.1) is 0 Å². The normalized spacial score (nSPS) is 14.4. The van der Waals surface area contributed by atoms with Crippen molar-refractivity contribution in [3.05, 3.63) is 58.6 Å². The second kappa shape index (κ2) is 9.63. The zero-order valence-corrected chi connectivity index (χ0v) is 17.6. The predicted molar refractivity (Wildman–Crippen MR) is 113 cm³/mol. The highest BCUT2D eigenvalue weighted by molar-refractivity contribution is 6.31. The van der Waals surface area contributed by atoms with E-state index in [4.69, 9.17) is 21.1 Å². The van der Waals surface area contributed by atoms with Gasteiger partial charge in [-0.3, -0.25) is 9.59 Å². The van der Waals surface area contributed by atoms with Crippen LogP contribution in [0.25, 0.3) is 0 Å². The zero-order valence-electron chi connectivity index (χ0n) is 16.8. The van der Waals surface area contributed by atoms with Gasteiger partial charge in [-0.2, -0.15) is 0 Å². The van der Waals surface area contributed by atoms with E-state index >= 15 is 0 Å². The predicted octanol–water partition coefficient (Wildman–Crippen LogP) is 3.66. The third kappa shape index (κ3) is 5.30. The van der Waals surface area contributed by atoms with Crippen molar-refractivity contribution >= 4 is 35.1 Å². The molecule has 30 heavy (non-hydrogen) atoms. The summed E-state index contributed by atoms with van der Waals surface area (Å²) in [6.07, 6.45) is 0.376. The Morgan fingerprint density at radius 3 is 2.73 bits per heavy atom. The van der Waals surface area contributed by atoms with Gasteiger partial charge < -0.3 is 19.7 Å². The first-order chi connectivity index (χ1) is 14.4. The second-order valence-electron chi connectivity index (χ2n) is 7.00. The Balaban J connectivity index is 1.62. The van der Waals surface area contributed by atoms with Gasteiger partial charge in [0.05, 0.1) is 18.4 Å². The van der Waals surface area contributed by atoms with E-state index in [2.05, 4.69) is 5.32 Å². The van der Waals surface area contributed by atoms with Crippen LogP contribution in [0.15, 0.2) is 42.5 Å². The number of anilines is 1. The number of carbonyl (C=O) groups is 3. The number of esters is 1. The summed E-state index contributed by atoms with van der Waals surface area (Å²) in [5, 5.41) is 3.09. The molecule has 1 fully saturated rings. The van der Waals surface area contributed by atoms with Gasteiger partial charge >= 0.3 is 5.97 Å². The molecule has 7 nitrogen and oxygen atoms in total. The number of rotatable bonds is 7. The first kappa shape index (κ1) is 21.6. The number of carbonyl (C=O) groups excluding carboxylic acids is 3. The summed E-state index contributed by atoms with van der Waals surface area (Å²) < 4.78 is 10.5. The van der Waals surface area contributed by atoms with Crippen LogP contribution in [-0.4, -0.2) is 42.4 Å². The Hall–Kier alpha value is -3.06. The SMILES string of the molecule is COc1ccc(Cl)cc1NC(=O)C(C)OC(=O)c1cccc(CN2CCCC2=O)c1. The van der Waals surface area contributed by atoms with Crippen molar-refractivity contribution in [2.45, 2.75) is 32.4 Å². The minimum Gasteiger partial charge on any atom is -0.495 e. The van der Waals surface area contributed by atoms with Crippen molar-refractivity contribution in [3.8, 4) is 5.75 Å². The molecular weight excluding hydrogens is 408 g/mol. The molecule has 0 radical (unpaired) electrons. The number of hydrogen-bond acceptors (Lipinski definition) is 5. The molecule has 0 spiro atoms. The molecule has 0 aliphatic carbocycles. The maximum Gasteiger partial charge on any atom is 0.338 e. The first-order valence-electron chi connectivity index (χ1n) is 9.59. The van der Waals surface area contributed by atoms with Gasteiger partial charge in [-0.05, 0) is 49.2 Å². The van der Waals surface area contributed by atoms with Gasteiger partial charge in [0.1, 0.15) is 5.75 Å². The number of methoxy groups -OCH3 is 1. The van der Waals surface area contributed by atoms with Crippen molar-refractivity contribution in [2.75, 3.05) is 19.0 Å². The summed E-state index contributed by atoms with van der Waals surface area (Å²) in [6.45, 7) is 2.65. The number of ether oxygens (including phenoxy) is 2. The van der Waals surface area contributed by atoms with E-state index in [1.54, 1.807) is 41.3 Å². The van der Waals surface area contributed by atoms with Crippen molar-refractivity contribution in [1.82, 2.24) is 4.90 Å². The molecule has 1 unspecified atom stereocenters. The van der Waals surface area contributed by atoms with E-state index in [9.17, 15) is 14.4 Å². The number of halogens is 1. The smallest absolute Gasteiger partial charge is 0.338 e. The average Bonchev–Trinajstić information content (AvgIpc) is 3.12. The molecular formula is C22H23ClN2O5. The fraction of sp³-hybridized carbons (Fsp3) is 0.318. The van der Waals surface area contributed by atoms with E-state index in [-0.39, 0.29) is 5.91 Å². The van der Waals surface area contributed by atoms with Crippen LogP contribution in [0.4, 0.5) is 5.69 Å². The van der Waals surface area contributed by atoms with Gasteiger partial charge in [0.15, 0.2) is 6.10 Å². The van der Waals surface area contributed by atoms with Crippen LogP contribution in [0.3, 0.4) is 0 Å². The monoisotopic (exact) mass is 430 g/mol. The van der Waals surface area contributed by atoms with E-state index in [1.807, 2.05) is 6.07 Å². The summed E-state index contributed by atoms with van der Waals surface area (Å²) in [7, 11) is 1.48. The van der Waals surface area contributed by atoms with E-state index in [1.165, 1.54) is 14.0 Å². The highest BCUT2D eigenvalue weighted by atomic mass is 35.5. The number of hydrogen-bond donors (Lipinski definition) is 1. The van der Waals surface area contributed by atoms with Gasteiger partial charge in [-0.1, -0.05) is 23.7 Å².